The minimum absolute atomic E-state index is 0.136. The quantitative estimate of drug-likeness (QED) is 0.179. The molecule has 1 aliphatic rings. The maximum atomic E-state index is 13.4. The van der Waals surface area contributed by atoms with Gasteiger partial charge >= 0.3 is 0 Å². The number of H-pyrrole nitrogens is 1. The molecule has 206 valence electrons. The molecule has 0 atom stereocenters. The van der Waals surface area contributed by atoms with Crippen molar-refractivity contribution in [1.29, 1.82) is 0 Å². The molecule has 0 radical (unpaired) electrons. The first-order valence-electron chi connectivity index (χ1n) is 14.6. The third-order valence-electron chi connectivity index (χ3n) is 7.36. The first kappa shape index (κ1) is 30.3. The zero-order chi connectivity index (χ0) is 26.5. The molecule has 2 heterocycles. The summed E-state index contributed by atoms with van der Waals surface area (Å²) < 4.78 is 1.47. The lowest BCUT2D eigenvalue weighted by Gasteiger charge is -2.08. The molecule has 3 rings (SSSR count). The largest absolute Gasteiger partial charge is 0.294 e. The van der Waals surface area contributed by atoms with Crippen molar-refractivity contribution in [3.63, 3.8) is 0 Å². The van der Waals surface area contributed by atoms with Gasteiger partial charge in [0, 0.05) is 23.0 Å². The fourth-order valence-corrected chi connectivity index (χ4v) is 6.27. The highest BCUT2D eigenvalue weighted by Crippen LogP contribution is 2.31. The van der Waals surface area contributed by atoms with Crippen LogP contribution in [0.15, 0.2) is 21.9 Å². The maximum Gasteiger partial charge on any atom is 0.280 e. The minimum Gasteiger partial charge on any atom is -0.294 e. The van der Waals surface area contributed by atoms with E-state index in [2.05, 4.69) is 17.0 Å². The van der Waals surface area contributed by atoms with Crippen molar-refractivity contribution in [2.24, 2.45) is 4.99 Å². The van der Waals surface area contributed by atoms with E-state index in [1.807, 2.05) is 0 Å². The molecule has 0 bridgehead atoms. The van der Waals surface area contributed by atoms with Crippen LogP contribution < -0.4 is 5.56 Å². The molecule has 0 saturated carbocycles. The van der Waals surface area contributed by atoms with Crippen molar-refractivity contribution in [2.75, 3.05) is 6.54 Å². The smallest absolute Gasteiger partial charge is 0.280 e. The standard InChI is InChI=1S/C30H44Cl3N3O/c1-2-3-4-5-6-7-8-9-10-11-12-13-14-15-16-18-27-28(26-19-17-20-34-26)30(37)36(35-27)29-24(32)21-23(31)22-25(29)33/h21-22,35H,2-20H2,1H3. The number of aromatic amines is 1. The van der Waals surface area contributed by atoms with Crippen LogP contribution in [0, 0.1) is 0 Å². The average molecular weight is 569 g/mol. The number of benzene rings is 1. The van der Waals surface area contributed by atoms with E-state index in [0.29, 0.717) is 26.3 Å². The molecule has 4 nitrogen and oxygen atoms in total. The number of aromatic nitrogens is 2. The van der Waals surface area contributed by atoms with Crippen molar-refractivity contribution in [3.05, 3.63) is 48.8 Å². The zero-order valence-electron chi connectivity index (χ0n) is 22.5. The number of aliphatic imine (C=N–C) groups is 1. The Bertz CT molecular complexity index is 1030. The van der Waals surface area contributed by atoms with E-state index in [1.54, 1.807) is 12.1 Å². The van der Waals surface area contributed by atoms with Crippen LogP contribution in [-0.2, 0) is 6.42 Å². The van der Waals surface area contributed by atoms with Gasteiger partial charge in [0.05, 0.1) is 15.6 Å². The summed E-state index contributed by atoms with van der Waals surface area (Å²) in [5, 5.41) is 4.44. The molecule has 0 amide bonds. The van der Waals surface area contributed by atoms with E-state index < -0.39 is 0 Å². The van der Waals surface area contributed by atoms with Crippen molar-refractivity contribution >= 4 is 40.5 Å². The molecule has 0 saturated heterocycles. The minimum atomic E-state index is -0.136. The third-order valence-corrected chi connectivity index (χ3v) is 8.16. The first-order chi connectivity index (χ1) is 18.0. The predicted octanol–water partition coefficient (Wildman–Crippen LogP) is 10.1. The second-order valence-electron chi connectivity index (χ2n) is 10.5. The highest BCUT2D eigenvalue weighted by Gasteiger charge is 2.23. The monoisotopic (exact) mass is 567 g/mol. The summed E-state index contributed by atoms with van der Waals surface area (Å²) in [6, 6.07) is 3.22. The van der Waals surface area contributed by atoms with Crippen LogP contribution in [0.2, 0.25) is 15.1 Å². The Morgan fingerprint density at radius 3 is 1.81 bits per heavy atom. The van der Waals surface area contributed by atoms with Gasteiger partial charge in [-0.3, -0.25) is 14.9 Å². The van der Waals surface area contributed by atoms with Crippen LogP contribution in [0.25, 0.3) is 5.69 Å². The van der Waals surface area contributed by atoms with Crippen LogP contribution in [0.1, 0.15) is 127 Å². The molecule has 1 aromatic heterocycles. The van der Waals surface area contributed by atoms with E-state index in [-0.39, 0.29) is 5.56 Å². The number of aryl methyl sites for hydroxylation is 1. The van der Waals surface area contributed by atoms with E-state index in [1.165, 1.54) is 94.6 Å². The Kier molecular flexibility index (Phi) is 13.7. The Balaban J connectivity index is 1.43. The van der Waals surface area contributed by atoms with E-state index >= 15 is 0 Å². The highest BCUT2D eigenvalue weighted by molar-refractivity contribution is 6.40. The number of unbranched alkanes of at least 4 members (excludes halogenated alkanes) is 14. The molecule has 7 heteroatoms. The summed E-state index contributed by atoms with van der Waals surface area (Å²) in [5.41, 5.74) is 2.84. The summed E-state index contributed by atoms with van der Waals surface area (Å²) in [7, 11) is 0. The summed E-state index contributed by atoms with van der Waals surface area (Å²) in [5.74, 6) is 0. The molecular formula is C30H44Cl3N3O. The van der Waals surface area contributed by atoms with Crippen molar-refractivity contribution in [1.82, 2.24) is 9.78 Å². The highest BCUT2D eigenvalue weighted by atomic mass is 35.5. The van der Waals surface area contributed by atoms with E-state index in [4.69, 9.17) is 34.8 Å². The molecule has 0 unspecified atom stereocenters. The Morgan fingerprint density at radius 1 is 0.811 bits per heavy atom. The lowest BCUT2D eigenvalue weighted by atomic mass is 10.0. The van der Waals surface area contributed by atoms with Crippen LogP contribution in [0.5, 0.6) is 0 Å². The lowest BCUT2D eigenvalue weighted by molar-refractivity contribution is 0.532. The van der Waals surface area contributed by atoms with Crippen molar-refractivity contribution in [3.8, 4) is 5.69 Å². The number of halogens is 3. The maximum absolute atomic E-state index is 13.4. The van der Waals surface area contributed by atoms with Crippen molar-refractivity contribution in [2.45, 2.75) is 122 Å². The van der Waals surface area contributed by atoms with Crippen molar-refractivity contribution < 1.29 is 0 Å². The number of nitrogens with one attached hydrogen (secondary N) is 1. The average Bonchev–Trinajstić information content (AvgIpc) is 3.49. The van der Waals surface area contributed by atoms with Crippen LogP contribution >= 0.6 is 34.8 Å². The fraction of sp³-hybridized carbons (Fsp3) is 0.667. The summed E-state index contributed by atoms with van der Waals surface area (Å²) in [4.78, 5) is 18.0. The van der Waals surface area contributed by atoms with Gasteiger partial charge in [0.25, 0.3) is 5.56 Å². The van der Waals surface area contributed by atoms with Crippen LogP contribution in [-0.4, -0.2) is 22.0 Å². The summed E-state index contributed by atoms with van der Waals surface area (Å²) in [6.45, 7) is 3.06. The zero-order valence-corrected chi connectivity index (χ0v) is 24.8. The van der Waals surface area contributed by atoms with Crippen LogP contribution in [0.3, 0.4) is 0 Å². The second-order valence-corrected chi connectivity index (χ2v) is 11.7. The van der Waals surface area contributed by atoms with Crippen LogP contribution in [0.4, 0.5) is 0 Å². The number of nitrogens with zero attached hydrogens (tertiary/aromatic N) is 2. The summed E-state index contributed by atoms with van der Waals surface area (Å²) in [6.07, 6.45) is 22.7. The molecule has 1 aliphatic heterocycles. The van der Waals surface area contributed by atoms with Gasteiger partial charge in [-0.1, -0.05) is 132 Å². The fourth-order valence-electron chi connectivity index (χ4n) is 5.28. The molecule has 1 N–H and O–H groups in total. The molecule has 0 spiro atoms. The van der Waals surface area contributed by atoms with Gasteiger partial charge in [0.2, 0.25) is 0 Å². The Morgan fingerprint density at radius 2 is 1.32 bits per heavy atom. The molecular weight excluding hydrogens is 525 g/mol. The number of hydrogen-bond acceptors (Lipinski definition) is 2. The lowest BCUT2D eigenvalue weighted by Crippen LogP contribution is -2.20. The summed E-state index contributed by atoms with van der Waals surface area (Å²) >= 11 is 18.9. The molecule has 1 aromatic carbocycles. The first-order valence-corrected chi connectivity index (χ1v) is 15.7. The van der Waals surface area contributed by atoms with Gasteiger partial charge in [-0.05, 0) is 37.8 Å². The number of hydrogen-bond donors (Lipinski definition) is 1. The SMILES string of the molecule is CCCCCCCCCCCCCCCCCc1[nH]n(-c2c(Cl)cc(Cl)cc2Cl)c(=O)c1C1=NCCC1. The van der Waals surface area contributed by atoms with E-state index in [0.717, 1.165) is 43.6 Å². The predicted molar refractivity (Wildman–Crippen MR) is 161 cm³/mol. The molecule has 0 fully saturated rings. The Labute approximate surface area is 238 Å². The molecule has 0 aliphatic carbocycles. The molecule has 37 heavy (non-hydrogen) atoms. The molecule has 2 aromatic rings. The Hall–Kier alpha value is -1.23. The van der Waals surface area contributed by atoms with Gasteiger partial charge in [-0.25, -0.2) is 4.68 Å². The van der Waals surface area contributed by atoms with Gasteiger partial charge in [-0.15, -0.1) is 0 Å². The third kappa shape index (κ3) is 9.48. The normalized spacial score (nSPS) is 13.5. The van der Waals surface area contributed by atoms with Gasteiger partial charge in [0.15, 0.2) is 0 Å². The van der Waals surface area contributed by atoms with Gasteiger partial charge in [0.1, 0.15) is 5.69 Å². The van der Waals surface area contributed by atoms with Gasteiger partial charge < -0.3 is 0 Å². The van der Waals surface area contributed by atoms with E-state index in [9.17, 15) is 4.79 Å². The number of rotatable bonds is 18. The second kappa shape index (κ2) is 16.7. The van der Waals surface area contributed by atoms with Gasteiger partial charge in [-0.2, -0.15) is 0 Å². The topological polar surface area (TPSA) is 50.1 Å².